The molecule has 1 heterocycles. The molecule has 0 fully saturated rings. The summed E-state index contributed by atoms with van der Waals surface area (Å²) in [6.45, 7) is 5.43. The van der Waals surface area contributed by atoms with Crippen LogP contribution in [0.15, 0.2) is 36.5 Å². The summed E-state index contributed by atoms with van der Waals surface area (Å²) in [7, 11) is -3.83. The highest BCUT2D eigenvalue weighted by Gasteiger charge is 2.32. The number of rotatable bonds is 15. The number of aliphatic hydroxyl groups is 1. The van der Waals surface area contributed by atoms with Crippen molar-refractivity contribution in [1.82, 2.24) is 9.71 Å². The number of hydrogen-bond acceptors (Lipinski definition) is 8. The van der Waals surface area contributed by atoms with Gasteiger partial charge in [-0.05, 0) is 44.5 Å². The number of sulfonamides is 1. The lowest BCUT2D eigenvalue weighted by molar-refractivity contribution is -0.137. The number of nitrogens with one attached hydrogen (secondary N) is 1. The van der Waals surface area contributed by atoms with Crippen molar-refractivity contribution in [3.8, 4) is 17.4 Å². The number of aromatic nitrogens is 1. The minimum atomic E-state index is -4.67. The Morgan fingerprint density at radius 2 is 1.93 bits per heavy atom. The van der Waals surface area contributed by atoms with Gasteiger partial charge in [0.25, 0.3) is 5.91 Å². The standard InChI is InChI=1S/C26H32ClF3N2O7S/c1-4-5-6-11-40(35,36)32-24(34)10-8-18-7-9-21(38-16-20(33)15-37-17(2)3)13-23(18)39-25-22(27)12-19(14-31-25)26(28,29)30/h7-10,12-14,17,20,33H,4-6,11,15-16H2,1-3H3,(H,32,34)/b10-8+. The second-order valence-corrected chi connectivity index (χ2v) is 11.2. The van der Waals surface area contributed by atoms with E-state index < -0.39 is 38.8 Å². The van der Waals surface area contributed by atoms with Crippen LogP contribution < -0.4 is 14.2 Å². The fourth-order valence-electron chi connectivity index (χ4n) is 3.08. The van der Waals surface area contributed by atoms with Gasteiger partial charge in [-0.3, -0.25) is 4.79 Å². The lowest BCUT2D eigenvalue weighted by atomic mass is 10.1. The van der Waals surface area contributed by atoms with Crippen LogP contribution in [0.3, 0.4) is 0 Å². The molecule has 0 aliphatic rings. The summed E-state index contributed by atoms with van der Waals surface area (Å²) in [5, 5.41) is 9.62. The molecule has 9 nitrogen and oxygen atoms in total. The summed E-state index contributed by atoms with van der Waals surface area (Å²) >= 11 is 5.98. The molecule has 0 spiro atoms. The van der Waals surface area contributed by atoms with Crippen LogP contribution in [0.1, 0.15) is 51.2 Å². The number of aliphatic hydroxyl groups excluding tert-OH is 1. The Balaban J connectivity index is 2.28. The number of nitrogens with zero attached hydrogens (tertiary/aromatic N) is 1. The third-order valence-corrected chi connectivity index (χ3v) is 6.69. The summed E-state index contributed by atoms with van der Waals surface area (Å²) in [6.07, 6.45) is -1.02. The third kappa shape index (κ3) is 11.7. The first-order chi connectivity index (χ1) is 18.7. The predicted molar refractivity (Wildman–Crippen MR) is 144 cm³/mol. The molecule has 0 saturated carbocycles. The van der Waals surface area contributed by atoms with E-state index >= 15 is 0 Å². The quantitative estimate of drug-likeness (QED) is 0.205. The van der Waals surface area contributed by atoms with Crippen molar-refractivity contribution < 1.29 is 45.7 Å². The maximum Gasteiger partial charge on any atom is 0.417 e. The van der Waals surface area contributed by atoms with Crippen molar-refractivity contribution in [3.63, 3.8) is 0 Å². The monoisotopic (exact) mass is 608 g/mol. The molecule has 0 aliphatic heterocycles. The molecule has 2 rings (SSSR count). The first kappa shape index (κ1) is 33.3. The Morgan fingerprint density at radius 3 is 2.55 bits per heavy atom. The van der Waals surface area contributed by atoms with Gasteiger partial charge in [-0.2, -0.15) is 13.2 Å². The first-order valence-electron chi connectivity index (χ1n) is 12.4. The van der Waals surface area contributed by atoms with Gasteiger partial charge in [0.1, 0.15) is 29.2 Å². The molecule has 14 heteroatoms. The zero-order chi connectivity index (χ0) is 29.9. The van der Waals surface area contributed by atoms with Crippen molar-refractivity contribution in [2.24, 2.45) is 0 Å². The van der Waals surface area contributed by atoms with Crippen LogP contribution in [0.2, 0.25) is 5.02 Å². The molecule has 40 heavy (non-hydrogen) atoms. The number of benzene rings is 1. The first-order valence-corrected chi connectivity index (χ1v) is 14.4. The maximum absolute atomic E-state index is 13.0. The summed E-state index contributed by atoms with van der Waals surface area (Å²) in [5.41, 5.74) is -0.844. The lowest BCUT2D eigenvalue weighted by Crippen LogP contribution is -2.31. The molecule has 222 valence electrons. The van der Waals surface area contributed by atoms with Crippen molar-refractivity contribution in [1.29, 1.82) is 0 Å². The number of ether oxygens (including phenoxy) is 3. The van der Waals surface area contributed by atoms with Gasteiger partial charge in [0.05, 0.1) is 24.0 Å². The van der Waals surface area contributed by atoms with E-state index in [4.69, 9.17) is 25.8 Å². The van der Waals surface area contributed by atoms with Gasteiger partial charge in [0.15, 0.2) is 0 Å². The van der Waals surface area contributed by atoms with Crippen molar-refractivity contribution in [2.75, 3.05) is 19.0 Å². The Bertz CT molecular complexity index is 1270. The van der Waals surface area contributed by atoms with Crippen LogP contribution in [-0.4, -0.2) is 55.6 Å². The zero-order valence-electron chi connectivity index (χ0n) is 22.2. The Morgan fingerprint density at radius 1 is 1.20 bits per heavy atom. The largest absolute Gasteiger partial charge is 0.491 e. The van der Waals surface area contributed by atoms with E-state index in [1.165, 1.54) is 24.3 Å². The number of amides is 1. The highest BCUT2D eigenvalue weighted by molar-refractivity contribution is 7.90. The van der Waals surface area contributed by atoms with Gasteiger partial charge in [0.2, 0.25) is 15.9 Å². The molecule has 2 aromatic rings. The predicted octanol–water partition coefficient (Wildman–Crippen LogP) is 5.36. The lowest BCUT2D eigenvalue weighted by Gasteiger charge is -2.16. The smallest absolute Gasteiger partial charge is 0.417 e. The van der Waals surface area contributed by atoms with Gasteiger partial charge in [-0.15, -0.1) is 0 Å². The maximum atomic E-state index is 13.0. The molecular weight excluding hydrogens is 577 g/mol. The topological polar surface area (TPSA) is 124 Å². The van der Waals surface area contributed by atoms with Crippen LogP contribution >= 0.6 is 11.6 Å². The molecule has 1 aromatic carbocycles. The Labute approximate surface area is 236 Å². The number of hydrogen-bond donors (Lipinski definition) is 2. The van der Waals surface area contributed by atoms with Gasteiger partial charge < -0.3 is 19.3 Å². The average molecular weight is 609 g/mol. The van der Waals surface area contributed by atoms with Crippen molar-refractivity contribution in [2.45, 2.75) is 58.4 Å². The van der Waals surface area contributed by atoms with E-state index in [0.29, 0.717) is 25.1 Å². The second-order valence-electron chi connectivity index (χ2n) is 8.98. The zero-order valence-corrected chi connectivity index (χ0v) is 23.8. The molecule has 0 bridgehead atoms. The van der Waals surface area contributed by atoms with E-state index in [1.807, 2.05) is 25.5 Å². The SMILES string of the molecule is CCCCCS(=O)(=O)NC(=O)/C=C/c1ccc(OCC(O)COC(C)C)cc1Oc1ncc(C(F)(F)F)cc1Cl. The normalized spacial score (nSPS) is 13.0. The van der Waals surface area contributed by atoms with Crippen molar-refractivity contribution in [3.05, 3.63) is 52.7 Å². The summed E-state index contributed by atoms with van der Waals surface area (Å²) in [6, 6.07) is 4.95. The Hall–Kier alpha value is -2.87. The highest BCUT2D eigenvalue weighted by atomic mass is 35.5. The van der Waals surface area contributed by atoms with E-state index in [2.05, 4.69) is 4.98 Å². The number of unbranched alkanes of at least 4 members (excludes halogenated alkanes) is 2. The Kier molecular flexibility index (Phi) is 12.7. The minimum absolute atomic E-state index is 0.0190. The summed E-state index contributed by atoms with van der Waals surface area (Å²) in [4.78, 5) is 15.9. The van der Waals surface area contributed by atoms with E-state index in [1.54, 1.807) is 0 Å². The molecule has 1 atom stereocenters. The van der Waals surface area contributed by atoms with Crippen LogP contribution in [0.25, 0.3) is 6.08 Å². The number of carbonyl (C=O) groups excluding carboxylic acids is 1. The molecule has 0 aliphatic carbocycles. The van der Waals surface area contributed by atoms with Crippen LogP contribution in [-0.2, 0) is 25.7 Å². The van der Waals surface area contributed by atoms with Gasteiger partial charge in [0, 0.05) is 23.9 Å². The van der Waals surface area contributed by atoms with E-state index in [9.17, 15) is 31.5 Å². The molecule has 1 unspecified atom stereocenters. The molecular formula is C26H32ClF3N2O7S. The molecule has 1 aromatic heterocycles. The fraction of sp³-hybridized carbons (Fsp3) is 0.462. The average Bonchev–Trinajstić information content (AvgIpc) is 2.86. The van der Waals surface area contributed by atoms with E-state index in [0.717, 1.165) is 12.5 Å². The third-order valence-electron chi connectivity index (χ3n) is 5.08. The molecule has 0 saturated heterocycles. The molecule has 0 radical (unpaired) electrons. The number of halogens is 4. The van der Waals surface area contributed by atoms with Crippen LogP contribution in [0.4, 0.5) is 13.2 Å². The van der Waals surface area contributed by atoms with Crippen LogP contribution in [0, 0.1) is 0 Å². The fourth-order valence-corrected chi connectivity index (χ4v) is 4.35. The van der Waals surface area contributed by atoms with Crippen molar-refractivity contribution >= 4 is 33.6 Å². The van der Waals surface area contributed by atoms with Crippen LogP contribution in [0.5, 0.6) is 17.4 Å². The second kappa shape index (κ2) is 15.2. The van der Waals surface area contributed by atoms with Gasteiger partial charge in [-0.25, -0.2) is 18.1 Å². The molecule has 1 amide bonds. The van der Waals surface area contributed by atoms with Gasteiger partial charge in [-0.1, -0.05) is 31.4 Å². The highest BCUT2D eigenvalue weighted by Crippen LogP contribution is 2.36. The number of carbonyl (C=O) groups is 1. The van der Waals surface area contributed by atoms with E-state index in [-0.39, 0.29) is 48.0 Å². The molecule has 2 N–H and O–H groups in total. The minimum Gasteiger partial charge on any atom is -0.491 e. The summed E-state index contributed by atoms with van der Waals surface area (Å²) < 4.78 is 81.7. The summed E-state index contributed by atoms with van der Waals surface area (Å²) in [5.74, 6) is -1.26. The number of pyridine rings is 1. The van der Waals surface area contributed by atoms with Gasteiger partial charge >= 0.3 is 6.18 Å². The number of alkyl halides is 3.